The molecule has 0 amide bonds. The Hall–Kier alpha value is -1.71. The molecule has 0 spiro atoms. The molecular weight excluding hydrogens is 376 g/mol. The Morgan fingerprint density at radius 3 is 2.00 bits per heavy atom. The van der Waals surface area contributed by atoms with E-state index in [9.17, 15) is 14.4 Å². The molecule has 0 saturated carbocycles. The van der Waals surface area contributed by atoms with Crippen LogP contribution in [0, 0.1) is 5.92 Å². The molecule has 4 nitrogen and oxygen atoms in total. The van der Waals surface area contributed by atoms with E-state index in [1.54, 1.807) is 0 Å². The predicted octanol–water partition coefficient (Wildman–Crippen LogP) is 7.27. The van der Waals surface area contributed by atoms with Crippen molar-refractivity contribution in [2.45, 2.75) is 117 Å². The lowest BCUT2D eigenvalue weighted by molar-refractivity contribution is -0.163. The molecule has 1 unspecified atom stereocenters. The lowest BCUT2D eigenvalue weighted by Gasteiger charge is -2.11. The van der Waals surface area contributed by atoms with Crippen LogP contribution in [-0.2, 0) is 19.1 Å². The third-order valence-electron chi connectivity index (χ3n) is 5.17. The van der Waals surface area contributed by atoms with Crippen LogP contribution in [0.5, 0.6) is 0 Å². The fraction of sp³-hybridized carbons (Fsp3) is 0.731. The van der Waals surface area contributed by atoms with Crippen molar-refractivity contribution in [1.29, 1.82) is 0 Å². The third kappa shape index (κ3) is 18.3. The number of carbonyl (C=O) groups is 3. The van der Waals surface area contributed by atoms with E-state index in [2.05, 4.69) is 31.2 Å². The van der Waals surface area contributed by atoms with Crippen molar-refractivity contribution in [3.8, 4) is 0 Å². The predicted molar refractivity (Wildman–Crippen MR) is 124 cm³/mol. The molecule has 172 valence electrons. The third-order valence-corrected chi connectivity index (χ3v) is 5.17. The second-order valence-electron chi connectivity index (χ2n) is 8.02. The van der Waals surface area contributed by atoms with Gasteiger partial charge in [0.15, 0.2) is 0 Å². The zero-order chi connectivity index (χ0) is 22.3. The fourth-order valence-corrected chi connectivity index (χ4v) is 3.23. The number of aldehydes is 1. The first-order chi connectivity index (χ1) is 14.7. The maximum atomic E-state index is 12.0. The Morgan fingerprint density at radius 1 is 0.767 bits per heavy atom. The highest BCUT2D eigenvalue weighted by molar-refractivity contribution is 5.87. The van der Waals surface area contributed by atoms with Gasteiger partial charge < -0.3 is 9.53 Å². The summed E-state index contributed by atoms with van der Waals surface area (Å²) in [5.41, 5.74) is 0. The normalized spacial score (nSPS) is 12.5. The van der Waals surface area contributed by atoms with Gasteiger partial charge in [0.1, 0.15) is 6.29 Å². The minimum atomic E-state index is -0.539. The van der Waals surface area contributed by atoms with Crippen LogP contribution in [0.4, 0.5) is 0 Å². The number of carbonyl (C=O) groups excluding carboxylic acids is 3. The molecule has 0 bridgehead atoms. The van der Waals surface area contributed by atoms with E-state index in [1.807, 2.05) is 6.92 Å². The van der Waals surface area contributed by atoms with Crippen LogP contribution >= 0.6 is 0 Å². The van der Waals surface area contributed by atoms with Crippen LogP contribution in [0.25, 0.3) is 0 Å². The number of rotatable bonds is 20. The van der Waals surface area contributed by atoms with Crippen molar-refractivity contribution in [2.24, 2.45) is 5.92 Å². The van der Waals surface area contributed by atoms with E-state index < -0.39 is 17.9 Å². The van der Waals surface area contributed by atoms with Gasteiger partial charge in [-0.15, -0.1) is 0 Å². The molecule has 0 aliphatic heterocycles. The van der Waals surface area contributed by atoms with Crippen LogP contribution in [0.15, 0.2) is 24.3 Å². The molecule has 0 rings (SSSR count). The second kappa shape index (κ2) is 22.0. The molecule has 4 heteroatoms. The van der Waals surface area contributed by atoms with E-state index in [4.69, 9.17) is 4.74 Å². The van der Waals surface area contributed by atoms with Gasteiger partial charge in [-0.3, -0.25) is 9.59 Å². The van der Waals surface area contributed by atoms with Crippen molar-refractivity contribution >= 4 is 18.2 Å². The summed E-state index contributed by atoms with van der Waals surface area (Å²) in [5, 5.41) is 0. The molecule has 30 heavy (non-hydrogen) atoms. The summed E-state index contributed by atoms with van der Waals surface area (Å²) in [7, 11) is 0. The average molecular weight is 421 g/mol. The van der Waals surface area contributed by atoms with Crippen molar-refractivity contribution in [3.05, 3.63) is 24.3 Å². The van der Waals surface area contributed by atoms with Crippen LogP contribution in [0.1, 0.15) is 117 Å². The first kappa shape index (κ1) is 28.3. The van der Waals surface area contributed by atoms with Gasteiger partial charge in [0.05, 0.1) is 5.92 Å². The molecule has 0 aromatic heterocycles. The Labute approximate surface area is 184 Å². The standard InChI is InChI=1S/C26H44O4/c1-3-5-7-8-9-10-11-12-13-14-15-16-17-18-19-21-25(28)30-26(29)24(22-23-27)20-6-4-2/h9-10,12-13,23-24H,3-8,11,14-22H2,1-2H3/b10-9-,13-12-. The van der Waals surface area contributed by atoms with Gasteiger partial charge in [0.2, 0.25) is 0 Å². The Kier molecular flexibility index (Phi) is 20.7. The Balaban J connectivity index is 3.64. The van der Waals surface area contributed by atoms with Crippen LogP contribution < -0.4 is 0 Å². The average Bonchev–Trinajstić information content (AvgIpc) is 2.73. The summed E-state index contributed by atoms with van der Waals surface area (Å²) < 4.78 is 4.93. The van der Waals surface area contributed by atoms with Gasteiger partial charge in [0.25, 0.3) is 0 Å². The summed E-state index contributed by atoms with van der Waals surface area (Å²) in [6, 6.07) is 0. The Bertz CT molecular complexity index is 493. The highest BCUT2D eigenvalue weighted by atomic mass is 16.6. The number of ether oxygens (including phenoxy) is 1. The number of unbranched alkanes of at least 4 members (excludes halogenated alkanes) is 9. The fourth-order valence-electron chi connectivity index (χ4n) is 3.23. The molecule has 0 aliphatic rings. The lowest BCUT2D eigenvalue weighted by Crippen LogP contribution is -2.21. The molecule has 1 atom stereocenters. The van der Waals surface area contributed by atoms with E-state index in [-0.39, 0.29) is 12.8 Å². The molecule has 0 N–H and O–H groups in total. The zero-order valence-electron chi connectivity index (χ0n) is 19.4. The van der Waals surface area contributed by atoms with E-state index in [0.717, 1.165) is 57.7 Å². The molecule has 0 saturated heterocycles. The summed E-state index contributed by atoms with van der Waals surface area (Å²) in [5.74, 6) is -1.47. The largest absolute Gasteiger partial charge is 0.393 e. The van der Waals surface area contributed by atoms with Gasteiger partial charge in [-0.1, -0.05) is 83.1 Å². The first-order valence-electron chi connectivity index (χ1n) is 12.1. The second-order valence-corrected chi connectivity index (χ2v) is 8.02. The number of esters is 2. The zero-order valence-corrected chi connectivity index (χ0v) is 19.4. The van der Waals surface area contributed by atoms with Crippen molar-refractivity contribution in [2.75, 3.05) is 0 Å². The highest BCUT2D eigenvalue weighted by Crippen LogP contribution is 2.15. The molecule has 0 heterocycles. The van der Waals surface area contributed by atoms with Crippen molar-refractivity contribution in [1.82, 2.24) is 0 Å². The smallest absolute Gasteiger partial charge is 0.317 e. The SMILES string of the molecule is CCCCC/C=C\C/C=C\CCCCCCCC(=O)OC(=O)C(CC=O)CCCC. The van der Waals surface area contributed by atoms with E-state index >= 15 is 0 Å². The van der Waals surface area contributed by atoms with Gasteiger partial charge in [-0.25, -0.2) is 0 Å². The van der Waals surface area contributed by atoms with Gasteiger partial charge >= 0.3 is 11.9 Å². The maximum absolute atomic E-state index is 12.0. The molecule has 0 radical (unpaired) electrons. The van der Waals surface area contributed by atoms with Crippen LogP contribution in [0.2, 0.25) is 0 Å². The van der Waals surface area contributed by atoms with Crippen molar-refractivity contribution in [3.63, 3.8) is 0 Å². The van der Waals surface area contributed by atoms with E-state index in [0.29, 0.717) is 6.42 Å². The van der Waals surface area contributed by atoms with Gasteiger partial charge in [-0.2, -0.15) is 0 Å². The topological polar surface area (TPSA) is 60.4 Å². The van der Waals surface area contributed by atoms with E-state index in [1.165, 1.54) is 32.1 Å². The highest BCUT2D eigenvalue weighted by Gasteiger charge is 2.21. The maximum Gasteiger partial charge on any atom is 0.317 e. The van der Waals surface area contributed by atoms with Gasteiger partial charge in [0, 0.05) is 12.8 Å². The summed E-state index contributed by atoms with van der Waals surface area (Å²) in [6.45, 7) is 4.25. The van der Waals surface area contributed by atoms with Crippen LogP contribution in [0.3, 0.4) is 0 Å². The minimum Gasteiger partial charge on any atom is -0.393 e. The monoisotopic (exact) mass is 420 g/mol. The molecular formula is C26H44O4. The first-order valence-corrected chi connectivity index (χ1v) is 12.1. The van der Waals surface area contributed by atoms with Crippen molar-refractivity contribution < 1.29 is 19.1 Å². The number of hydrogen-bond donors (Lipinski definition) is 0. The molecule has 0 fully saturated rings. The van der Waals surface area contributed by atoms with Gasteiger partial charge in [-0.05, 0) is 44.9 Å². The summed E-state index contributed by atoms with van der Waals surface area (Å²) in [4.78, 5) is 34.5. The lowest BCUT2D eigenvalue weighted by atomic mass is 9.99. The quantitative estimate of drug-likeness (QED) is 0.0683. The number of allylic oxidation sites excluding steroid dienone is 4. The minimum absolute atomic E-state index is 0.135. The number of hydrogen-bond acceptors (Lipinski definition) is 4. The summed E-state index contributed by atoms with van der Waals surface area (Å²) >= 11 is 0. The summed E-state index contributed by atoms with van der Waals surface area (Å²) in [6.07, 6.45) is 24.9. The molecule has 0 aromatic carbocycles. The van der Waals surface area contributed by atoms with Crippen LogP contribution in [-0.4, -0.2) is 18.2 Å². The molecule has 0 aromatic rings. The molecule has 0 aliphatic carbocycles. The Morgan fingerprint density at radius 2 is 1.37 bits per heavy atom.